The third kappa shape index (κ3) is 4.33. The SMILES string of the molecule is CC1COCCN1c1nc(-c2ccc(NC(=O)NC3(I)CC3)cc2F)nc2c1CNC2. The van der Waals surface area contributed by atoms with Gasteiger partial charge in [0.2, 0.25) is 0 Å². The van der Waals surface area contributed by atoms with Gasteiger partial charge in [-0.3, -0.25) is 0 Å². The van der Waals surface area contributed by atoms with Crippen LogP contribution >= 0.6 is 22.6 Å². The van der Waals surface area contributed by atoms with E-state index in [1.165, 1.54) is 6.07 Å². The number of alkyl halides is 1. The molecule has 8 nitrogen and oxygen atoms in total. The van der Waals surface area contributed by atoms with Crippen molar-refractivity contribution in [1.29, 1.82) is 0 Å². The highest BCUT2D eigenvalue weighted by Gasteiger charge is 2.41. The molecule has 1 aromatic heterocycles. The van der Waals surface area contributed by atoms with Crippen LogP contribution in [0.25, 0.3) is 11.4 Å². The Hall–Kier alpha value is -2.05. The van der Waals surface area contributed by atoms with E-state index in [2.05, 4.69) is 55.3 Å². The summed E-state index contributed by atoms with van der Waals surface area (Å²) in [5.74, 6) is 0.729. The van der Waals surface area contributed by atoms with E-state index < -0.39 is 5.82 Å². The summed E-state index contributed by atoms with van der Waals surface area (Å²) in [4.78, 5) is 23.7. The largest absolute Gasteiger partial charge is 0.377 e. The molecule has 10 heteroatoms. The van der Waals surface area contributed by atoms with E-state index in [0.717, 1.165) is 36.5 Å². The molecule has 1 unspecified atom stereocenters. The number of rotatable bonds is 4. The maximum Gasteiger partial charge on any atom is 0.320 e. The van der Waals surface area contributed by atoms with Gasteiger partial charge >= 0.3 is 6.03 Å². The van der Waals surface area contributed by atoms with Gasteiger partial charge in [-0.15, -0.1) is 0 Å². The van der Waals surface area contributed by atoms with Crippen molar-refractivity contribution in [2.24, 2.45) is 0 Å². The van der Waals surface area contributed by atoms with E-state index in [9.17, 15) is 4.79 Å². The standard InChI is InChI=1S/C21H24FIN6O2/c1-12-11-31-7-6-29(12)19-15-9-24-10-17(15)26-18(27-19)14-3-2-13(8-16(14)22)25-20(30)28-21(23)4-5-21/h2-3,8,12,24H,4-7,9-11H2,1H3,(H2,25,28,30). The molecule has 5 rings (SSSR count). The molecule has 0 radical (unpaired) electrons. The van der Waals surface area contributed by atoms with Crippen LogP contribution < -0.4 is 20.9 Å². The summed E-state index contributed by atoms with van der Waals surface area (Å²) in [6, 6.07) is 4.47. The average molecular weight is 538 g/mol. The number of carbonyl (C=O) groups excluding carboxylic acids is 1. The predicted octanol–water partition coefficient (Wildman–Crippen LogP) is 3.16. The number of nitrogens with one attached hydrogen (secondary N) is 3. The molecule has 3 aliphatic rings. The van der Waals surface area contributed by atoms with Crippen molar-refractivity contribution >= 4 is 40.1 Å². The molecule has 31 heavy (non-hydrogen) atoms. The number of carbonyl (C=O) groups is 1. The minimum Gasteiger partial charge on any atom is -0.377 e. The van der Waals surface area contributed by atoms with E-state index >= 15 is 4.39 Å². The van der Waals surface area contributed by atoms with E-state index in [0.29, 0.717) is 43.4 Å². The fourth-order valence-electron chi connectivity index (χ4n) is 3.92. The number of nitrogens with zero attached hydrogens (tertiary/aromatic N) is 3. The van der Waals surface area contributed by atoms with Gasteiger partial charge in [-0.1, -0.05) is 22.6 Å². The zero-order valence-electron chi connectivity index (χ0n) is 17.2. The van der Waals surface area contributed by atoms with E-state index in [1.807, 2.05) is 0 Å². The van der Waals surface area contributed by atoms with Crippen LogP contribution in [0.3, 0.4) is 0 Å². The van der Waals surface area contributed by atoms with Crippen molar-refractivity contribution in [3.63, 3.8) is 0 Å². The first-order valence-electron chi connectivity index (χ1n) is 10.4. The molecular formula is C21H24FIN6O2. The van der Waals surface area contributed by atoms with E-state index in [4.69, 9.17) is 9.72 Å². The van der Waals surface area contributed by atoms with Crippen LogP contribution in [0.4, 0.5) is 20.7 Å². The van der Waals surface area contributed by atoms with Crippen LogP contribution in [-0.4, -0.2) is 45.3 Å². The monoisotopic (exact) mass is 538 g/mol. The lowest BCUT2D eigenvalue weighted by Crippen LogP contribution is -2.44. The molecular weight excluding hydrogens is 514 g/mol. The zero-order valence-corrected chi connectivity index (χ0v) is 19.3. The van der Waals surface area contributed by atoms with Crippen molar-refractivity contribution in [1.82, 2.24) is 20.6 Å². The summed E-state index contributed by atoms with van der Waals surface area (Å²) in [6.07, 6.45) is 1.89. The summed E-state index contributed by atoms with van der Waals surface area (Å²) in [5, 5.41) is 8.91. The van der Waals surface area contributed by atoms with Gasteiger partial charge in [0.15, 0.2) is 5.82 Å². The van der Waals surface area contributed by atoms with Gasteiger partial charge in [-0.25, -0.2) is 19.2 Å². The third-order valence-electron chi connectivity index (χ3n) is 5.80. The number of urea groups is 1. The van der Waals surface area contributed by atoms with E-state index in [1.54, 1.807) is 12.1 Å². The second-order valence-corrected chi connectivity index (χ2v) is 10.3. The summed E-state index contributed by atoms with van der Waals surface area (Å²) >= 11 is 2.22. The number of anilines is 2. The fourth-order valence-corrected chi connectivity index (χ4v) is 4.44. The lowest BCUT2D eigenvalue weighted by Gasteiger charge is -2.35. The van der Waals surface area contributed by atoms with Crippen LogP contribution in [-0.2, 0) is 17.8 Å². The van der Waals surface area contributed by atoms with Gasteiger partial charge in [-0.2, -0.15) is 0 Å². The Balaban J connectivity index is 1.43. The predicted molar refractivity (Wildman–Crippen MR) is 124 cm³/mol. The Morgan fingerprint density at radius 3 is 2.94 bits per heavy atom. The van der Waals surface area contributed by atoms with Crippen LogP contribution in [0.2, 0.25) is 0 Å². The molecule has 3 heterocycles. The molecule has 1 saturated carbocycles. The first-order chi connectivity index (χ1) is 14.9. The third-order valence-corrected chi connectivity index (χ3v) is 7.15. The molecule has 2 amide bonds. The number of morpholine rings is 1. The lowest BCUT2D eigenvalue weighted by molar-refractivity contribution is 0.0984. The molecule has 0 bridgehead atoms. The summed E-state index contributed by atoms with van der Waals surface area (Å²) < 4.78 is 20.4. The summed E-state index contributed by atoms with van der Waals surface area (Å²) in [7, 11) is 0. The van der Waals surface area contributed by atoms with Crippen LogP contribution in [0, 0.1) is 5.82 Å². The molecule has 1 saturated heterocycles. The normalized spacial score (nSPS) is 21.5. The highest BCUT2D eigenvalue weighted by atomic mass is 127. The molecule has 2 aromatic rings. The molecule has 164 valence electrons. The highest BCUT2D eigenvalue weighted by Crippen LogP contribution is 2.42. The molecule has 0 spiro atoms. The Bertz CT molecular complexity index is 1030. The first-order valence-corrected chi connectivity index (χ1v) is 11.5. The van der Waals surface area contributed by atoms with Crippen LogP contribution in [0.5, 0.6) is 0 Å². The van der Waals surface area contributed by atoms with E-state index in [-0.39, 0.29) is 15.6 Å². The Kier molecular flexibility index (Phi) is 5.47. The topological polar surface area (TPSA) is 91.4 Å². The molecule has 1 aliphatic carbocycles. The maximum absolute atomic E-state index is 15.0. The summed E-state index contributed by atoms with van der Waals surface area (Å²) in [6.45, 7) is 5.45. The second kappa shape index (κ2) is 8.14. The number of ether oxygens (including phenoxy) is 1. The van der Waals surface area contributed by atoms with Gasteiger partial charge in [0, 0.05) is 30.9 Å². The molecule has 3 N–H and O–H groups in total. The number of aromatic nitrogens is 2. The number of hydrogen-bond donors (Lipinski definition) is 3. The molecule has 1 aromatic carbocycles. The number of amides is 2. The quantitative estimate of drug-likeness (QED) is 0.315. The van der Waals surface area contributed by atoms with Crippen molar-refractivity contribution < 1.29 is 13.9 Å². The van der Waals surface area contributed by atoms with Gasteiger partial charge in [-0.05, 0) is 38.0 Å². The van der Waals surface area contributed by atoms with Gasteiger partial charge in [0.25, 0.3) is 0 Å². The number of fused-ring (bicyclic) bond motifs is 1. The number of benzene rings is 1. The van der Waals surface area contributed by atoms with Gasteiger partial charge in [0.1, 0.15) is 11.6 Å². The minimum atomic E-state index is -0.472. The second-order valence-electron chi connectivity index (χ2n) is 8.26. The fraction of sp³-hybridized carbons (Fsp3) is 0.476. The van der Waals surface area contributed by atoms with Gasteiger partial charge < -0.3 is 25.6 Å². The van der Waals surface area contributed by atoms with Gasteiger partial charge in [0.05, 0.1) is 34.1 Å². The summed E-state index contributed by atoms with van der Waals surface area (Å²) in [5.41, 5.74) is 2.68. The smallest absolute Gasteiger partial charge is 0.320 e. The number of hydrogen-bond acceptors (Lipinski definition) is 6. The minimum absolute atomic E-state index is 0.167. The van der Waals surface area contributed by atoms with Crippen LogP contribution in [0.15, 0.2) is 18.2 Å². The Morgan fingerprint density at radius 2 is 2.19 bits per heavy atom. The van der Waals surface area contributed by atoms with Crippen molar-refractivity contribution in [2.75, 3.05) is 30.0 Å². The average Bonchev–Trinajstić information content (AvgIpc) is 3.25. The molecule has 2 fully saturated rings. The molecule has 2 aliphatic heterocycles. The Morgan fingerprint density at radius 1 is 1.35 bits per heavy atom. The lowest BCUT2D eigenvalue weighted by atomic mass is 10.1. The first kappa shape index (κ1) is 20.8. The highest BCUT2D eigenvalue weighted by molar-refractivity contribution is 14.1. The van der Waals surface area contributed by atoms with Crippen molar-refractivity contribution in [3.05, 3.63) is 35.3 Å². The maximum atomic E-state index is 15.0. The van der Waals surface area contributed by atoms with Crippen molar-refractivity contribution in [2.45, 2.75) is 42.4 Å². The zero-order chi connectivity index (χ0) is 21.6. The molecule has 1 atom stereocenters. The van der Waals surface area contributed by atoms with Crippen LogP contribution in [0.1, 0.15) is 31.0 Å². The Labute approximate surface area is 193 Å². The van der Waals surface area contributed by atoms with Crippen molar-refractivity contribution in [3.8, 4) is 11.4 Å². The number of halogens is 2.